The van der Waals surface area contributed by atoms with Gasteiger partial charge in [0.15, 0.2) is 0 Å². The van der Waals surface area contributed by atoms with Crippen LogP contribution in [0.15, 0.2) is 0 Å². The van der Waals surface area contributed by atoms with Crippen molar-refractivity contribution in [1.82, 2.24) is 5.48 Å². The van der Waals surface area contributed by atoms with Crippen molar-refractivity contribution in [2.75, 3.05) is 20.3 Å². The third-order valence-corrected chi connectivity index (χ3v) is 1.47. The predicted octanol–water partition coefficient (Wildman–Crippen LogP) is 0.846. The van der Waals surface area contributed by atoms with Crippen LogP contribution in [0.25, 0.3) is 0 Å². The summed E-state index contributed by atoms with van der Waals surface area (Å²) < 4.78 is 4.79. The van der Waals surface area contributed by atoms with E-state index in [1.807, 2.05) is 6.92 Å². The van der Waals surface area contributed by atoms with Crippen molar-refractivity contribution in [3.63, 3.8) is 0 Å². The van der Waals surface area contributed by atoms with Crippen molar-refractivity contribution in [3.8, 4) is 6.07 Å². The maximum absolute atomic E-state index is 8.40. The molecule has 0 fully saturated rings. The van der Waals surface area contributed by atoms with Gasteiger partial charge < -0.3 is 4.74 Å². The highest BCUT2D eigenvalue weighted by Crippen LogP contribution is 1.95. The Balaban J connectivity index is 3.26. The summed E-state index contributed by atoms with van der Waals surface area (Å²) in [5, 5.41) is 8.40. The lowest BCUT2D eigenvalue weighted by Gasteiger charge is -2.12. The molecule has 4 nitrogen and oxygen atoms in total. The van der Waals surface area contributed by atoms with Crippen LogP contribution in [0.2, 0.25) is 0 Å². The van der Waals surface area contributed by atoms with Crippen LogP contribution in [0.5, 0.6) is 0 Å². The largest absolute Gasteiger partial charge is 0.382 e. The Morgan fingerprint density at radius 2 is 2.25 bits per heavy atom. The fourth-order valence-electron chi connectivity index (χ4n) is 0.681. The molecule has 1 atom stereocenters. The maximum Gasteiger partial charge on any atom is 0.0916 e. The Hall–Kier alpha value is -0.630. The van der Waals surface area contributed by atoms with Gasteiger partial charge in [-0.05, 0) is 6.42 Å². The third kappa shape index (κ3) is 6.10. The molecular formula is C8H16N2O2. The number of ether oxygens (including phenoxy) is 1. The number of methoxy groups -OCH3 is 1. The van der Waals surface area contributed by atoms with Crippen LogP contribution in [-0.2, 0) is 9.57 Å². The van der Waals surface area contributed by atoms with Crippen LogP contribution in [-0.4, -0.2) is 26.4 Å². The number of hydroxylamine groups is 1. The van der Waals surface area contributed by atoms with E-state index in [-0.39, 0.29) is 6.04 Å². The van der Waals surface area contributed by atoms with E-state index in [0.717, 1.165) is 6.42 Å². The zero-order chi connectivity index (χ0) is 9.23. The normalized spacial score (nSPS) is 12.4. The zero-order valence-corrected chi connectivity index (χ0v) is 7.67. The van der Waals surface area contributed by atoms with Gasteiger partial charge in [-0.25, -0.2) is 0 Å². The second kappa shape index (κ2) is 8.47. The summed E-state index contributed by atoms with van der Waals surface area (Å²) in [7, 11) is 1.62. The smallest absolute Gasteiger partial charge is 0.0916 e. The summed E-state index contributed by atoms with van der Waals surface area (Å²) in [6.45, 7) is 3.09. The van der Waals surface area contributed by atoms with Gasteiger partial charge in [0.05, 0.1) is 25.7 Å². The molecule has 0 radical (unpaired) electrons. The Bertz CT molecular complexity index is 134. The molecule has 0 aromatic heterocycles. The first-order chi connectivity index (χ1) is 5.85. The first-order valence-electron chi connectivity index (χ1n) is 4.08. The monoisotopic (exact) mass is 172 g/mol. The van der Waals surface area contributed by atoms with Gasteiger partial charge in [-0.3, -0.25) is 4.84 Å². The van der Waals surface area contributed by atoms with Gasteiger partial charge in [-0.1, -0.05) is 6.92 Å². The Kier molecular flexibility index (Phi) is 8.02. The highest BCUT2D eigenvalue weighted by atomic mass is 16.7. The molecule has 0 spiro atoms. The van der Waals surface area contributed by atoms with E-state index in [1.54, 1.807) is 7.11 Å². The topological polar surface area (TPSA) is 54.3 Å². The lowest BCUT2D eigenvalue weighted by Crippen LogP contribution is -2.29. The highest BCUT2D eigenvalue weighted by Gasteiger charge is 2.03. The van der Waals surface area contributed by atoms with Crippen molar-refractivity contribution >= 4 is 0 Å². The van der Waals surface area contributed by atoms with Crippen molar-refractivity contribution in [1.29, 1.82) is 5.26 Å². The molecule has 0 aliphatic rings. The van der Waals surface area contributed by atoms with E-state index < -0.39 is 0 Å². The molecule has 12 heavy (non-hydrogen) atoms. The van der Waals surface area contributed by atoms with Gasteiger partial charge in [-0.15, -0.1) is 0 Å². The molecule has 0 aromatic carbocycles. The lowest BCUT2D eigenvalue weighted by molar-refractivity contribution is -0.0117. The Morgan fingerprint density at radius 3 is 2.75 bits per heavy atom. The number of hydrogen-bond acceptors (Lipinski definition) is 4. The second-order valence-electron chi connectivity index (χ2n) is 2.43. The zero-order valence-electron chi connectivity index (χ0n) is 7.67. The summed E-state index contributed by atoms with van der Waals surface area (Å²) >= 11 is 0. The van der Waals surface area contributed by atoms with E-state index in [4.69, 9.17) is 14.8 Å². The van der Waals surface area contributed by atoms with Crippen LogP contribution in [0.4, 0.5) is 0 Å². The van der Waals surface area contributed by atoms with Crippen LogP contribution in [0.1, 0.15) is 19.8 Å². The van der Waals surface area contributed by atoms with Crippen LogP contribution in [0.3, 0.4) is 0 Å². The molecule has 1 unspecified atom stereocenters. The summed E-state index contributed by atoms with van der Waals surface area (Å²) in [5.74, 6) is 0. The Morgan fingerprint density at radius 1 is 1.50 bits per heavy atom. The molecule has 1 N–H and O–H groups in total. The van der Waals surface area contributed by atoms with E-state index >= 15 is 0 Å². The van der Waals surface area contributed by atoms with Gasteiger partial charge in [-0.2, -0.15) is 10.7 Å². The molecule has 0 saturated carbocycles. The highest BCUT2D eigenvalue weighted by molar-refractivity contribution is 4.77. The van der Waals surface area contributed by atoms with Gasteiger partial charge in [0.1, 0.15) is 0 Å². The van der Waals surface area contributed by atoms with Crippen LogP contribution < -0.4 is 5.48 Å². The standard InChI is InChI=1S/C8H16N2O2/c1-3-8(4-5-9)10-12-7-6-11-2/h8,10H,3-4,6-7H2,1-2H3. The second-order valence-corrected chi connectivity index (χ2v) is 2.43. The molecule has 0 aromatic rings. The van der Waals surface area contributed by atoms with Gasteiger partial charge in [0, 0.05) is 13.2 Å². The molecule has 0 aliphatic heterocycles. The number of nitrogens with zero attached hydrogens (tertiary/aromatic N) is 1. The molecule has 0 saturated heterocycles. The van der Waals surface area contributed by atoms with Crippen molar-refractivity contribution in [2.24, 2.45) is 0 Å². The fraction of sp³-hybridized carbons (Fsp3) is 0.875. The first-order valence-corrected chi connectivity index (χ1v) is 4.08. The van der Waals surface area contributed by atoms with E-state index in [9.17, 15) is 0 Å². The number of nitriles is 1. The molecule has 70 valence electrons. The van der Waals surface area contributed by atoms with Gasteiger partial charge in [0.25, 0.3) is 0 Å². The third-order valence-electron chi connectivity index (χ3n) is 1.47. The quantitative estimate of drug-likeness (QED) is 0.457. The molecule has 4 heteroatoms. The predicted molar refractivity (Wildman–Crippen MR) is 45.3 cm³/mol. The van der Waals surface area contributed by atoms with E-state index in [1.165, 1.54) is 0 Å². The van der Waals surface area contributed by atoms with E-state index in [2.05, 4.69) is 11.5 Å². The van der Waals surface area contributed by atoms with Crippen LogP contribution >= 0.6 is 0 Å². The summed E-state index contributed by atoms with van der Waals surface area (Å²) in [6.07, 6.45) is 1.37. The SMILES string of the molecule is CCC(CC#N)NOCCOC. The molecule has 0 bridgehead atoms. The summed E-state index contributed by atoms with van der Waals surface area (Å²) in [6, 6.07) is 2.22. The molecular weight excluding hydrogens is 156 g/mol. The van der Waals surface area contributed by atoms with Crippen LogP contribution in [0, 0.1) is 11.3 Å². The molecule has 0 aliphatic carbocycles. The number of hydrogen-bond donors (Lipinski definition) is 1. The minimum Gasteiger partial charge on any atom is -0.382 e. The Labute approximate surface area is 73.4 Å². The first kappa shape index (κ1) is 11.4. The van der Waals surface area contributed by atoms with Crippen molar-refractivity contribution in [3.05, 3.63) is 0 Å². The minimum atomic E-state index is 0.131. The van der Waals surface area contributed by atoms with Gasteiger partial charge in [0.2, 0.25) is 0 Å². The minimum absolute atomic E-state index is 0.131. The van der Waals surface area contributed by atoms with Crippen molar-refractivity contribution in [2.45, 2.75) is 25.8 Å². The molecule has 0 rings (SSSR count). The summed E-state index contributed by atoms with van der Waals surface area (Å²) in [5.41, 5.74) is 2.80. The lowest BCUT2D eigenvalue weighted by atomic mass is 10.2. The van der Waals surface area contributed by atoms with E-state index in [0.29, 0.717) is 19.6 Å². The summed E-state index contributed by atoms with van der Waals surface area (Å²) in [4.78, 5) is 5.05. The molecule has 0 heterocycles. The molecule has 0 amide bonds. The van der Waals surface area contributed by atoms with Gasteiger partial charge >= 0.3 is 0 Å². The number of rotatable bonds is 7. The fourth-order valence-corrected chi connectivity index (χ4v) is 0.681. The average molecular weight is 172 g/mol. The average Bonchev–Trinajstić information content (AvgIpc) is 2.10. The maximum atomic E-state index is 8.40. The van der Waals surface area contributed by atoms with Crippen molar-refractivity contribution < 1.29 is 9.57 Å². The number of nitrogens with one attached hydrogen (secondary N) is 1.